The van der Waals surface area contributed by atoms with Crippen molar-refractivity contribution in [3.05, 3.63) is 54.4 Å². The second-order valence-corrected chi connectivity index (χ2v) is 4.85. The van der Waals surface area contributed by atoms with Crippen LogP contribution in [0.25, 0.3) is 0 Å². The summed E-state index contributed by atoms with van der Waals surface area (Å²) in [6, 6.07) is 9.97. The highest BCUT2D eigenvalue weighted by atomic mass is 15.0. The molecule has 94 valence electrons. The molecule has 0 bridgehead atoms. The van der Waals surface area contributed by atoms with Crippen molar-refractivity contribution in [1.82, 2.24) is 0 Å². The van der Waals surface area contributed by atoms with Crippen LogP contribution in [0.5, 0.6) is 0 Å². The van der Waals surface area contributed by atoms with Gasteiger partial charge in [-0.1, -0.05) is 30.4 Å². The molecule has 0 aliphatic heterocycles. The van der Waals surface area contributed by atoms with E-state index in [1.54, 1.807) is 0 Å². The summed E-state index contributed by atoms with van der Waals surface area (Å²) in [6.07, 6.45) is 4.83. The molecular formula is C16H20N2. The second-order valence-electron chi connectivity index (χ2n) is 4.85. The number of benzene rings is 1. The Hall–Kier alpha value is -1.83. The van der Waals surface area contributed by atoms with E-state index in [0.717, 1.165) is 17.3 Å². The number of hydrogen-bond donors (Lipinski definition) is 1. The third-order valence-electron chi connectivity index (χ3n) is 3.03. The van der Waals surface area contributed by atoms with Gasteiger partial charge in [-0.15, -0.1) is 0 Å². The van der Waals surface area contributed by atoms with E-state index in [-0.39, 0.29) is 0 Å². The first-order chi connectivity index (χ1) is 8.65. The Morgan fingerprint density at radius 1 is 1.28 bits per heavy atom. The maximum Gasteiger partial charge on any atom is 0.123 e. The van der Waals surface area contributed by atoms with Crippen molar-refractivity contribution in [2.24, 2.45) is 10.9 Å². The SMILES string of the molecule is C=C(/N=C(C)\C=C(/C)C1CC1)Nc1ccccc1. The van der Waals surface area contributed by atoms with Gasteiger partial charge in [-0.3, -0.25) is 0 Å². The summed E-state index contributed by atoms with van der Waals surface area (Å²) in [7, 11) is 0. The normalized spacial score (nSPS) is 16.6. The van der Waals surface area contributed by atoms with Crippen LogP contribution >= 0.6 is 0 Å². The monoisotopic (exact) mass is 240 g/mol. The van der Waals surface area contributed by atoms with Gasteiger partial charge >= 0.3 is 0 Å². The highest BCUT2D eigenvalue weighted by molar-refractivity contribution is 5.94. The van der Waals surface area contributed by atoms with Crippen LogP contribution in [0.15, 0.2) is 59.4 Å². The number of nitrogens with zero attached hydrogens (tertiary/aromatic N) is 1. The summed E-state index contributed by atoms with van der Waals surface area (Å²) in [5.41, 5.74) is 3.46. The lowest BCUT2D eigenvalue weighted by molar-refractivity contribution is 1.01. The minimum absolute atomic E-state index is 0.679. The van der Waals surface area contributed by atoms with Gasteiger partial charge in [0.25, 0.3) is 0 Å². The van der Waals surface area contributed by atoms with Crippen LogP contribution in [0, 0.1) is 5.92 Å². The van der Waals surface area contributed by atoms with Crippen molar-refractivity contribution in [2.75, 3.05) is 5.32 Å². The van der Waals surface area contributed by atoms with Gasteiger partial charge < -0.3 is 5.32 Å². The van der Waals surface area contributed by atoms with E-state index in [2.05, 4.69) is 29.9 Å². The first kappa shape index (κ1) is 12.6. The molecule has 1 aliphatic rings. The van der Waals surface area contributed by atoms with Gasteiger partial charge in [0.1, 0.15) is 5.82 Å². The van der Waals surface area contributed by atoms with Crippen LogP contribution in [0.1, 0.15) is 26.7 Å². The second kappa shape index (κ2) is 5.67. The zero-order valence-electron chi connectivity index (χ0n) is 11.1. The number of aliphatic imine (C=N–C) groups is 1. The lowest BCUT2D eigenvalue weighted by Crippen LogP contribution is -1.98. The van der Waals surface area contributed by atoms with Gasteiger partial charge in [-0.05, 0) is 50.8 Å². The summed E-state index contributed by atoms with van der Waals surface area (Å²) in [4.78, 5) is 4.46. The van der Waals surface area contributed by atoms with Gasteiger partial charge in [0.05, 0.1) is 0 Å². The van der Waals surface area contributed by atoms with E-state index >= 15 is 0 Å². The molecule has 0 heterocycles. The highest BCUT2D eigenvalue weighted by Crippen LogP contribution is 2.35. The molecular weight excluding hydrogens is 220 g/mol. The number of hydrogen-bond acceptors (Lipinski definition) is 2. The molecule has 18 heavy (non-hydrogen) atoms. The van der Waals surface area contributed by atoms with E-state index < -0.39 is 0 Å². The average Bonchev–Trinajstić information content (AvgIpc) is 3.13. The molecule has 0 amide bonds. The fraction of sp³-hybridized carbons (Fsp3) is 0.312. The van der Waals surface area contributed by atoms with Gasteiger partial charge in [-0.25, -0.2) is 4.99 Å². The van der Waals surface area contributed by atoms with E-state index in [0.29, 0.717) is 5.82 Å². The standard InChI is InChI=1S/C16H20N2/c1-12(15-9-10-15)11-13(2)17-14(3)18-16-7-5-4-6-8-16/h4-8,11,15,18H,3,9-10H2,1-2H3/b12-11+,17-13-. The van der Waals surface area contributed by atoms with E-state index in [1.807, 2.05) is 37.3 Å². The molecule has 2 nitrogen and oxygen atoms in total. The maximum absolute atomic E-state index is 4.46. The molecule has 0 spiro atoms. The van der Waals surface area contributed by atoms with Crippen molar-refractivity contribution in [1.29, 1.82) is 0 Å². The Morgan fingerprint density at radius 3 is 2.56 bits per heavy atom. The zero-order chi connectivity index (χ0) is 13.0. The molecule has 0 unspecified atom stereocenters. The van der Waals surface area contributed by atoms with Crippen molar-refractivity contribution in [3.8, 4) is 0 Å². The third kappa shape index (κ3) is 3.88. The molecule has 0 aromatic heterocycles. The summed E-state index contributed by atoms with van der Waals surface area (Å²) < 4.78 is 0. The van der Waals surface area contributed by atoms with Crippen molar-refractivity contribution < 1.29 is 0 Å². The molecule has 0 saturated heterocycles. The highest BCUT2D eigenvalue weighted by Gasteiger charge is 2.22. The summed E-state index contributed by atoms with van der Waals surface area (Å²) in [6.45, 7) is 8.13. The van der Waals surface area contributed by atoms with Crippen LogP contribution in [0.3, 0.4) is 0 Å². The molecule has 0 atom stereocenters. The lowest BCUT2D eigenvalue weighted by Gasteiger charge is -2.05. The van der Waals surface area contributed by atoms with Gasteiger partial charge in [0.15, 0.2) is 0 Å². The number of para-hydroxylation sites is 1. The Kier molecular flexibility index (Phi) is 3.98. The van der Waals surface area contributed by atoms with Crippen LogP contribution in [-0.4, -0.2) is 5.71 Å². The Morgan fingerprint density at radius 2 is 1.94 bits per heavy atom. The average molecular weight is 240 g/mol. The summed E-state index contributed by atoms with van der Waals surface area (Å²) >= 11 is 0. The number of allylic oxidation sites excluding steroid dienone is 2. The van der Waals surface area contributed by atoms with Crippen LogP contribution in [0.2, 0.25) is 0 Å². The smallest absolute Gasteiger partial charge is 0.123 e. The fourth-order valence-electron chi connectivity index (χ4n) is 1.95. The summed E-state index contributed by atoms with van der Waals surface area (Å²) in [5.74, 6) is 1.48. The zero-order valence-corrected chi connectivity index (χ0v) is 11.1. The maximum atomic E-state index is 4.46. The number of rotatable bonds is 5. The number of anilines is 1. The molecule has 1 fully saturated rings. The van der Waals surface area contributed by atoms with Crippen LogP contribution in [-0.2, 0) is 0 Å². The molecule has 1 N–H and O–H groups in total. The van der Waals surface area contributed by atoms with Crippen LogP contribution < -0.4 is 5.32 Å². The predicted molar refractivity (Wildman–Crippen MR) is 78.8 cm³/mol. The van der Waals surface area contributed by atoms with Gasteiger partial charge in [0.2, 0.25) is 0 Å². The third-order valence-corrected chi connectivity index (χ3v) is 3.03. The minimum atomic E-state index is 0.679. The van der Waals surface area contributed by atoms with Gasteiger partial charge in [-0.2, -0.15) is 0 Å². The topological polar surface area (TPSA) is 24.4 Å². The van der Waals surface area contributed by atoms with Crippen molar-refractivity contribution >= 4 is 11.4 Å². The molecule has 1 saturated carbocycles. The Labute approximate surface area is 109 Å². The molecule has 0 radical (unpaired) electrons. The molecule has 1 aromatic carbocycles. The largest absolute Gasteiger partial charge is 0.341 e. The summed E-state index contributed by atoms with van der Waals surface area (Å²) in [5, 5.41) is 3.18. The molecule has 1 aliphatic carbocycles. The quantitative estimate of drug-likeness (QED) is 0.758. The first-order valence-electron chi connectivity index (χ1n) is 6.39. The molecule has 1 aromatic rings. The van der Waals surface area contributed by atoms with Crippen molar-refractivity contribution in [3.63, 3.8) is 0 Å². The van der Waals surface area contributed by atoms with Gasteiger partial charge in [0, 0.05) is 11.4 Å². The first-order valence-corrected chi connectivity index (χ1v) is 6.39. The number of nitrogens with one attached hydrogen (secondary N) is 1. The molecule has 2 rings (SSSR count). The predicted octanol–water partition coefficient (Wildman–Crippen LogP) is 4.39. The Balaban J connectivity index is 1.95. The van der Waals surface area contributed by atoms with E-state index in [9.17, 15) is 0 Å². The Bertz CT molecular complexity index is 479. The van der Waals surface area contributed by atoms with Crippen LogP contribution in [0.4, 0.5) is 5.69 Å². The fourth-order valence-corrected chi connectivity index (χ4v) is 1.95. The van der Waals surface area contributed by atoms with Crippen molar-refractivity contribution in [2.45, 2.75) is 26.7 Å². The molecule has 2 heteroatoms. The minimum Gasteiger partial charge on any atom is -0.341 e. The van der Waals surface area contributed by atoms with E-state index in [4.69, 9.17) is 0 Å². The van der Waals surface area contributed by atoms with E-state index in [1.165, 1.54) is 18.4 Å². The lowest BCUT2D eigenvalue weighted by atomic mass is 10.1.